The van der Waals surface area contributed by atoms with E-state index in [4.69, 9.17) is 66.3 Å². The van der Waals surface area contributed by atoms with Crippen LogP contribution in [0.4, 0.5) is 0 Å². The van der Waals surface area contributed by atoms with Crippen LogP contribution in [-0.4, -0.2) is 323 Å². The fourth-order valence-electron chi connectivity index (χ4n) is 18.9. The molecule has 7 saturated heterocycles. The van der Waals surface area contributed by atoms with Crippen LogP contribution >= 0.6 is 0 Å². The second-order valence-electron chi connectivity index (χ2n) is 30.9. The second-order valence-corrected chi connectivity index (χ2v) is 30.9. The van der Waals surface area contributed by atoms with Crippen molar-refractivity contribution < 1.29 is 158 Å². The maximum Gasteiger partial charge on any atom is 0.314 e. The van der Waals surface area contributed by atoms with E-state index in [-0.39, 0.29) is 30.0 Å². The molecule has 562 valence electrons. The number of esters is 1. The highest BCUT2D eigenvalue weighted by molar-refractivity contribution is 5.99. The molecule has 1 spiro atoms. The number of ether oxygens (including phenoxy) is 14. The van der Waals surface area contributed by atoms with Crippen molar-refractivity contribution in [3.05, 3.63) is 11.6 Å². The fourth-order valence-corrected chi connectivity index (χ4v) is 18.9. The van der Waals surface area contributed by atoms with Gasteiger partial charge in [0.2, 0.25) is 0 Å². The molecule has 0 aromatic rings. The highest BCUT2D eigenvalue weighted by Crippen LogP contribution is 2.75. The monoisotopic (exact) mass is 1410 g/mol. The van der Waals surface area contributed by atoms with Gasteiger partial charge in [0.05, 0.1) is 56.6 Å². The number of aliphatic hydroxyl groups is 16. The van der Waals surface area contributed by atoms with Gasteiger partial charge in [-0.15, -0.1) is 0 Å². The van der Waals surface area contributed by atoms with Crippen molar-refractivity contribution >= 4 is 11.8 Å². The van der Waals surface area contributed by atoms with Crippen molar-refractivity contribution in [1.29, 1.82) is 0 Å². The average Bonchev–Trinajstić information content (AvgIpc) is 1.47. The third-order valence-electron chi connectivity index (χ3n) is 24.3. The molecule has 32 nitrogen and oxygen atoms in total. The Morgan fingerprint density at radius 3 is 1.60 bits per heavy atom. The number of fused-ring (bicyclic) bond motifs is 4. The topological polar surface area (TPSA) is 487 Å². The molecule has 11 rings (SSSR count). The first-order valence-electron chi connectivity index (χ1n) is 34.6. The molecule has 0 aromatic heterocycles. The lowest BCUT2D eigenvalue weighted by molar-refractivity contribution is -0.397. The lowest BCUT2D eigenvalue weighted by Crippen LogP contribution is -2.67. The van der Waals surface area contributed by atoms with Crippen LogP contribution in [0.1, 0.15) is 113 Å². The van der Waals surface area contributed by atoms with Crippen molar-refractivity contribution in [3.63, 3.8) is 0 Å². The number of rotatable bonds is 21. The van der Waals surface area contributed by atoms with Gasteiger partial charge in [0, 0.05) is 13.5 Å². The molecule has 0 bridgehead atoms. The highest BCUT2D eigenvalue weighted by Gasteiger charge is 2.79. The minimum absolute atomic E-state index is 0.0656. The molecule has 3 saturated carbocycles. The van der Waals surface area contributed by atoms with E-state index in [1.165, 1.54) is 19.6 Å². The predicted molar refractivity (Wildman–Crippen MR) is 326 cm³/mol. The van der Waals surface area contributed by atoms with Gasteiger partial charge in [0.15, 0.2) is 37.7 Å². The number of cyclic esters (lactones) is 1. The molecule has 0 aromatic carbocycles. The van der Waals surface area contributed by atoms with Crippen LogP contribution in [0.15, 0.2) is 11.6 Å². The first-order chi connectivity index (χ1) is 46.2. The van der Waals surface area contributed by atoms with Crippen molar-refractivity contribution in [2.45, 2.75) is 303 Å². The van der Waals surface area contributed by atoms with Crippen molar-refractivity contribution in [2.24, 2.45) is 45.3 Å². The fraction of sp³-hybridized carbons (Fsp3) is 0.939. The first kappa shape index (κ1) is 76.8. The summed E-state index contributed by atoms with van der Waals surface area (Å²) in [5.41, 5.74) is -2.56. The van der Waals surface area contributed by atoms with Crippen LogP contribution < -0.4 is 0 Å². The maximum absolute atomic E-state index is 14.6. The third kappa shape index (κ3) is 13.1. The van der Waals surface area contributed by atoms with E-state index < -0.39 is 250 Å². The molecule has 11 aliphatic rings. The summed E-state index contributed by atoms with van der Waals surface area (Å²) in [6.07, 6.45) is -43.9. The zero-order chi connectivity index (χ0) is 71.4. The Bertz CT molecular complexity index is 2760. The van der Waals surface area contributed by atoms with Crippen LogP contribution in [0.3, 0.4) is 0 Å². The quantitative estimate of drug-likeness (QED) is 0.0293. The van der Waals surface area contributed by atoms with Crippen LogP contribution in [0.2, 0.25) is 0 Å². The van der Waals surface area contributed by atoms with Crippen LogP contribution in [-0.2, 0) is 75.9 Å². The number of allylic oxidation sites excluding steroid dienone is 2. The Morgan fingerprint density at radius 1 is 0.541 bits per heavy atom. The number of ketones is 1. The summed E-state index contributed by atoms with van der Waals surface area (Å²) in [4.78, 5) is 29.1. The number of hydrogen-bond donors (Lipinski definition) is 16. The van der Waals surface area contributed by atoms with Gasteiger partial charge in [0.25, 0.3) is 0 Å². The maximum atomic E-state index is 14.6. The predicted octanol–water partition coefficient (Wildman–Crippen LogP) is -4.48. The summed E-state index contributed by atoms with van der Waals surface area (Å²) < 4.78 is 84.4. The first-order valence-corrected chi connectivity index (χ1v) is 34.6. The summed E-state index contributed by atoms with van der Waals surface area (Å²) in [7, 11) is 1.17. The lowest BCUT2D eigenvalue weighted by atomic mass is 9.41. The minimum atomic E-state index is -2.09. The van der Waals surface area contributed by atoms with Gasteiger partial charge in [-0.2, -0.15) is 0 Å². The van der Waals surface area contributed by atoms with Crippen molar-refractivity contribution in [3.8, 4) is 0 Å². The summed E-state index contributed by atoms with van der Waals surface area (Å²) in [5.74, 6) is -0.520. The number of hydrogen-bond acceptors (Lipinski definition) is 32. The minimum Gasteiger partial charge on any atom is -0.458 e. The molecule has 98 heavy (non-hydrogen) atoms. The van der Waals surface area contributed by atoms with Gasteiger partial charge in [-0.1, -0.05) is 59.6 Å². The van der Waals surface area contributed by atoms with Gasteiger partial charge in [-0.25, -0.2) is 0 Å². The Hall–Kier alpha value is -2.28. The number of carbonyl (C=O) groups excluding carboxylic acids is 2. The lowest BCUT2D eigenvalue weighted by Gasteiger charge is -2.63. The van der Waals surface area contributed by atoms with Gasteiger partial charge in [0.1, 0.15) is 146 Å². The molecule has 16 N–H and O–H groups in total. The zero-order valence-corrected chi connectivity index (χ0v) is 56.8. The number of carbonyl (C=O) groups is 2. The van der Waals surface area contributed by atoms with E-state index >= 15 is 0 Å². The Balaban J connectivity index is 0.835. The summed E-state index contributed by atoms with van der Waals surface area (Å²) >= 11 is 0. The molecular formula is C66H106O32. The van der Waals surface area contributed by atoms with E-state index in [9.17, 15) is 91.3 Å². The molecule has 7 aliphatic heterocycles. The van der Waals surface area contributed by atoms with E-state index in [2.05, 4.69) is 47.6 Å². The highest BCUT2D eigenvalue weighted by atomic mass is 16.8. The van der Waals surface area contributed by atoms with E-state index in [0.717, 1.165) is 12.8 Å². The van der Waals surface area contributed by atoms with Crippen LogP contribution in [0, 0.1) is 45.3 Å². The molecule has 10 fully saturated rings. The summed E-state index contributed by atoms with van der Waals surface area (Å²) in [6, 6.07) is 0. The smallest absolute Gasteiger partial charge is 0.314 e. The molecule has 0 radical (unpaired) electrons. The molecule has 18 unspecified atom stereocenters. The summed E-state index contributed by atoms with van der Waals surface area (Å²) in [5, 5.41) is 177. The van der Waals surface area contributed by atoms with Gasteiger partial charge in [-0.3, -0.25) is 9.59 Å². The van der Waals surface area contributed by atoms with Crippen LogP contribution in [0.5, 0.6) is 0 Å². The van der Waals surface area contributed by atoms with E-state index in [1.54, 1.807) is 0 Å². The van der Waals surface area contributed by atoms with E-state index in [1.807, 2.05) is 6.92 Å². The normalized spacial score (nSPS) is 52.6. The molecular weight excluding hydrogens is 1300 g/mol. The molecule has 4 aliphatic carbocycles. The summed E-state index contributed by atoms with van der Waals surface area (Å²) in [6.45, 7) is 12.2. The van der Waals surface area contributed by atoms with Gasteiger partial charge >= 0.3 is 5.97 Å². The van der Waals surface area contributed by atoms with Gasteiger partial charge < -0.3 is 148 Å². The van der Waals surface area contributed by atoms with E-state index in [0.29, 0.717) is 44.4 Å². The standard InChI is InChI=1S/C66H106O32/c1-25(2)11-10-16-65(8)54-29(71)19-64(7)28-12-13-35-62(4,5)36(15-17-63(35,6)27(28)14-18-66(54,64)61(84)98-65)93-60-53(41(76)34(24-86-60)92-57-47(82)51(39(74)32(22-69)89-57)95-56-44(79)42(77)37(72)30(20-67)88-56)97-55-45(80)43(78)49(26(3)87-55)94-59-48(83)52(40(75)33(23-70)91-59)96-58-46(81)50(85-9)38(73)31(21-68)90-58/h14,25-26,28,30-60,67-70,72-83H,10-13,15-24H2,1-9H3/t26?,28-,30?,31?,32?,33?,34-,35+,36+,37-,38-,39-,40-,41?,42?,43?,44?,45?,46?,47?,48?,49-,50?,51?,52?,53?,54-,55+,56+,57+,58+,59+,60+,63-,64+,65+,66?/m1/s1. The molecule has 37 atom stereocenters. The van der Waals surface area contributed by atoms with Crippen molar-refractivity contribution in [1.82, 2.24) is 0 Å². The molecule has 7 heterocycles. The van der Waals surface area contributed by atoms with Crippen LogP contribution in [0.25, 0.3) is 0 Å². The second kappa shape index (κ2) is 29.6. The number of aliphatic hydroxyl groups excluding tert-OH is 16. The average molecular weight is 1410 g/mol. The number of methoxy groups -OCH3 is 1. The largest absolute Gasteiger partial charge is 0.458 e. The Kier molecular flexibility index (Phi) is 23.2. The Morgan fingerprint density at radius 2 is 1.04 bits per heavy atom. The zero-order valence-electron chi connectivity index (χ0n) is 56.8. The molecule has 32 heteroatoms. The van der Waals surface area contributed by atoms with Gasteiger partial charge in [-0.05, 0) is 92.8 Å². The molecule has 0 amide bonds. The third-order valence-corrected chi connectivity index (χ3v) is 24.3. The SMILES string of the molecule is COC1C(O)[C@H](OC2C(O)[C@H](O[C@@H]3C(C)O[C@@H](OC4C(O)[C@H](O[C@@H]5OC(CO)[C@@H](O)C(O[C@@H]6OC(CO)[C@@H](O)C(O)C6O)C5O)CO[C@H]4O[C@H]4CC[C@]5(C)C6=CCC78C(=O)O[C@@](C)(CCCC(C)C)[C@H]7C(=O)C[C@@]8(C)[C@@H]6CC[C@H]5C4(C)C)C(O)C3O)OC(CO)[C@H]2O)OC(CO)[C@H]1O. The van der Waals surface area contributed by atoms with Crippen molar-refractivity contribution in [2.75, 3.05) is 40.1 Å². The number of Topliss-reactive ketones (excluding diaryl/α,β-unsaturated/α-hetero) is 1. The Labute approximate surface area is 567 Å².